The van der Waals surface area contributed by atoms with Gasteiger partial charge in [0.1, 0.15) is 12.0 Å². The van der Waals surface area contributed by atoms with E-state index >= 15 is 0 Å². The second-order valence-corrected chi connectivity index (χ2v) is 5.87. The number of amides is 1. The molecular formula is C16H17NO3. The van der Waals surface area contributed by atoms with Crippen LogP contribution < -0.4 is 9.64 Å². The second kappa shape index (κ2) is 4.09. The van der Waals surface area contributed by atoms with E-state index in [1.54, 1.807) is 12.0 Å². The molecule has 1 aliphatic heterocycles. The van der Waals surface area contributed by atoms with E-state index in [1.165, 1.54) is 0 Å². The van der Waals surface area contributed by atoms with Crippen molar-refractivity contribution in [3.63, 3.8) is 0 Å². The summed E-state index contributed by atoms with van der Waals surface area (Å²) < 4.78 is 5.13. The fourth-order valence-electron chi connectivity index (χ4n) is 4.10. The number of benzene rings is 1. The molecule has 3 aliphatic rings. The molecule has 2 fully saturated rings. The van der Waals surface area contributed by atoms with E-state index in [-0.39, 0.29) is 17.7 Å². The van der Waals surface area contributed by atoms with Gasteiger partial charge in [0.15, 0.2) is 0 Å². The van der Waals surface area contributed by atoms with Crippen LogP contribution in [0.15, 0.2) is 36.4 Å². The number of aliphatic hydroxyl groups excluding tert-OH is 1. The number of hydrogen-bond acceptors (Lipinski definition) is 3. The van der Waals surface area contributed by atoms with Gasteiger partial charge in [-0.15, -0.1) is 0 Å². The Bertz CT molecular complexity index is 580. The second-order valence-electron chi connectivity index (χ2n) is 5.87. The fraction of sp³-hybridized carbons (Fsp3) is 0.438. The van der Waals surface area contributed by atoms with Crippen LogP contribution in [0.1, 0.15) is 6.42 Å². The normalized spacial score (nSPS) is 37.6. The molecule has 0 spiro atoms. The highest BCUT2D eigenvalue weighted by molar-refractivity contribution is 5.99. The van der Waals surface area contributed by atoms with Crippen LogP contribution in [0.5, 0.6) is 5.75 Å². The summed E-state index contributed by atoms with van der Waals surface area (Å²) in [6.45, 7) is 0. The lowest BCUT2D eigenvalue weighted by molar-refractivity contribution is -0.121. The zero-order valence-corrected chi connectivity index (χ0v) is 11.3. The van der Waals surface area contributed by atoms with Crippen LogP contribution in [-0.2, 0) is 4.79 Å². The molecule has 4 nitrogen and oxygen atoms in total. The maximum Gasteiger partial charge on any atom is 0.233 e. The largest absolute Gasteiger partial charge is 0.497 e. The van der Waals surface area contributed by atoms with Gasteiger partial charge >= 0.3 is 0 Å². The number of carbonyl (C=O) groups is 1. The minimum Gasteiger partial charge on any atom is -0.497 e. The van der Waals surface area contributed by atoms with Crippen molar-refractivity contribution in [1.82, 2.24) is 0 Å². The van der Waals surface area contributed by atoms with E-state index < -0.39 is 6.23 Å². The summed E-state index contributed by atoms with van der Waals surface area (Å²) in [5.41, 5.74) is 0.747. The van der Waals surface area contributed by atoms with E-state index in [0.717, 1.165) is 17.9 Å². The highest BCUT2D eigenvalue weighted by Gasteiger charge is 2.59. The van der Waals surface area contributed by atoms with Gasteiger partial charge in [-0.3, -0.25) is 9.69 Å². The Kier molecular flexibility index (Phi) is 2.45. The molecule has 2 aliphatic carbocycles. The van der Waals surface area contributed by atoms with Crippen LogP contribution in [0.25, 0.3) is 0 Å². The number of hydrogen-bond donors (Lipinski definition) is 1. The van der Waals surface area contributed by atoms with Crippen LogP contribution in [0.4, 0.5) is 5.69 Å². The minimum atomic E-state index is -0.708. The van der Waals surface area contributed by atoms with Crippen LogP contribution in [0.3, 0.4) is 0 Å². The summed E-state index contributed by atoms with van der Waals surface area (Å²) in [6.07, 6.45) is 4.63. The van der Waals surface area contributed by atoms with Gasteiger partial charge in [-0.25, -0.2) is 0 Å². The molecule has 20 heavy (non-hydrogen) atoms. The number of nitrogens with zero attached hydrogens (tertiary/aromatic N) is 1. The number of carbonyl (C=O) groups excluding carboxylic acids is 1. The Morgan fingerprint density at radius 2 is 1.90 bits per heavy atom. The molecule has 104 valence electrons. The van der Waals surface area contributed by atoms with Gasteiger partial charge < -0.3 is 9.84 Å². The van der Waals surface area contributed by atoms with E-state index in [2.05, 4.69) is 12.2 Å². The first-order valence-corrected chi connectivity index (χ1v) is 7.04. The maximum atomic E-state index is 12.6. The average Bonchev–Trinajstić information content (AvgIpc) is 3.14. The van der Waals surface area contributed by atoms with E-state index in [1.807, 2.05) is 24.3 Å². The highest BCUT2D eigenvalue weighted by atomic mass is 16.5. The molecule has 1 saturated carbocycles. The molecule has 1 aromatic carbocycles. The number of anilines is 1. The molecule has 4 rings (SSSR count). The van der Waals surface area contributed by atoms with E-state index in [9.17, 15) is 9.90 Å². The zero-order chi connectivity index (χ0) is 13.9. The molecule has 1 amide bonds. The summed E-state index contributed by atoms with van der Waals surface area (Å²) in [4.78, 5) is 14.2. The molecule has 0 radical (unpaired) electrons. The first-order chi connectivity index (χ1) is 9.70. The van der Waals surface area contributed by atoms with Gasteiger partial charge in [0.2, 0.25) is 5.91 Å². The summed E-state index contributed by atoms with van der Waals surface area (Å²) in [5.74, 6) is 1.49. The molecule has 1 aromatic rings. The molecular weight excluding hydrogens is 254 g/mol. The van der Waals surface area contributed by atoms with Crippen molar-refractivity contribution in [3.05, 3.63) is 36.4 Å². The monoisotopic (exact) mass is 271 g/mol. The summed E-state index contributed by atoms with van der Waals surface area (Å²) >= 11 is 0. The Labute approximate surface area is 117 Å². The topological polar surface area (TPSA) is 49.8 Å². The standard InChI is InChI=1S/C16H17NO3/c1-20-12-6-4-11(5-7-12)17-15(18)13-9-2-3-10(8-9)14(13)16(17)19/h2-7,9-10,13-15,18H,8H2,1H3/t9-,10+,13-,14+,15+/m0/s1. The maximum absolute atomic E-state index is 12.6. The van der Waals surface area contributed by atoms with Crippen LogP contribution in [0.2, 0.25) is 0 Å². The lowest BCUT2D eigenvalue weighted by Crippen LogP contribution is -2.36. The lowest BCUT2D eigenvalue weighted by atomic mass is 9.85. The molecule has 5 atom stereocenters. The van der Waals surface area contributed by atoms with Gasteiger partial charge in [0.05, 0.1) is 13.0 Å². The Morgan fingerprint density at radius 3 is 2.55 bits per heavy atom. The van der Waals surface area contributed by atoms with Gasteiger partial charge in [-0.1, -0.05) is 12.2 Å². The average molecular weight is 271 g/mol. The van der Waals surface area contributed by atoms with E-state index in [0.29, 0.717) is 11.8 Å². The molecule has 1 saturated heterocycles. The smallest absolute Gasteiger partial charge is 0.233 e. The van der Waals surface area contributed by atoms with Crippen molar-refractivity contribution in [3.8, 4) is 5.75 Å². The van der Waals surface area contributed by atoms with E-state index in [4.69, 9.17) is 4.74 Å². The lowest BCUT2D eigenvalue weighted by Gasteiger charge is -2.25. The van der Waals surface area contributed by atoms with Gasteiger partial charge in [-0.05, 0) is 42.5 Å². The fourth-order valence-corrected chi connectivity index (χ4v) is 4.10. The molecule has 2 bridgehead atoms. The van der Waals surface area contributed by atoms with Crippen molar-refractivity contribution < 1.29 is 14.6 Å². The Hall–Kier alpha value is -1.81. The van der Waals surface area contributed by atoms with Crippen LogP contribution >= 0.6 is 0 Å². The van der Waals surface area contributed by atoms with Crippen LogP contribution in [-0.4, -0.2) is 24.4 Å². The number of aliphatic hydroxyl groups is 1. The highest BCUT2D eigenvalue weighted by Crippen LogP contribution is 2.54. The number of allylic oxidation sites excluding steroid dienone is 2. The predicted octanol–water partition coefficient (Wildman–Crippen LogP) is 1.80. The number of fused-ring (bicyclic) bond motifs is 5. The third-order valence-electron chi connectivity index (χ3n) is 5.00. The minimum absolute atomic E-state index is 0.0397. The Balaban J connectivity index is 1.68. The number of rotatable bonds is 2. The summed E-state index contributed by atoms with van der Waals surface area (Å²) in [6, 6.07) is 7.29. The van der Waals surface area contributed by atoms with Crippen molar-refractivity contribution in [2.24, 2.45) is 23.7 Å². The summed E-state index contributed by atoms with van der Waals surface area (Å²) in [5, 5.41) is 10.6. The quantitative estimate of drug-likeness (QED) is 0.834. The van der Waals surface area contributed by atoms with Gasteiger partial charge in [-0.2, -0.15) is 0 Å². The zero-order valence-electron chi connectivity index (χ0n) is 11.3. The van der Waals surface area contributed by atoms with Crippen molar-refractivity contribution in [2.45, 2.75) is 12.6 Å². The molecule has 1 N–H and O–H groups in total. The Morgan fingerprint density at radius 1 is 1.20 bits per heavy atom. The van der Waals surface area contributed by atoms with Crippen LogP contribution in [0, 0.1) is 23.7 Å². The first kappa shape index (κ1) is 12.0. The SMILES string of the molecule is COc1ccc(N2C(=O)[C@H]3[C@@H]([C@H]2O)[C@H]2C=C[C@@H]3C2)cc1. The number of ether oxygens (including phenoxy) is 1. The summed E-state index contributed by atoms with van der Waals surface area (Å²) in [7, 11) is 1.61. The van der Waals surface area contributed by atoms with Crippen molar-refractivity contribution in [2.75, 3.05) is 12.0 Å². The molecule has 1 heterocycles. The van der Waals surface area contributed by atoms with Crippen molar-refractivity contribution in [1.29, 1.82) is 0 Å². The first-order valence-electron chi connectivity index (χ1n) is 7.04. The predicted molar refractivity (Wildman–Crippen MR) is 74.2 cm³/mol. The molecule has 0 aromatic heterocycles. The molecule has 0 unspecified atom stereocenters. The number of methoxy groups -OCH3 is 1. The van der Waals surface area contributed by atoms with Gasteiger partial charge in [0.25, 0.3) is 0 Å². The van der Waals surface area contributed by atoms with Gasteiger partial charge in [0, 0.05) is 11.6 Å². The molecule has 4 heteroatoms. The third kappa shape index (κ3) is 1.43. The third-order valence-corrected chi connectivity index (χ3v) is 5.00. The van der Waals surface area contributed by atoms with Crippen molar-refractivity contribution >= 4 is 11.6 Å².